The maximum atomic E-state index is 11.3. The molecule has 0 unspecified atom stereocenters. The van der Waals surface area contributed by atoms with Crippen LogP contribution in [0.4, 0.5) is 0 Å². The quantitative estimate of drug-likeness (QED) is 0.234. The van der Waals surface area contributed by atoms with Gasteiger partial charge in [0.2, 0.25) is 0 Å². The van der Waals surface area contributed by atoms with Crippen molar-refractivity contribution in [3.05, 3.63) is 23.3 Å². The zero-order valence-electron chi connectivity index (χ0n) is 18.1. The highest BCUT2D eigenvalue weighted by Crippen LogP contribution is 2.27. The summed E-state index contributed by atoms with van der Waals surface area (Å²) in [5.41, 5.74) is 1.48. The highest BCUT2D eigenvalue weighted by atomic mass is 32.2. The summed E-state index contributed by atoms with van der Waals surface area (Å²) in [6, 6.07) is 2.92. The highest BCUT2D eigenvalue weighted by molar-refractivity contribution is 7.85. The SMILES string of the molecule is CCCCCCCCCCCCCCCOc1c(C)cc(S(=O)(=O)O)cc1C. The molecule has 0 radical (unpaired) electrons. The van der Waals surface area contributed by atoms with Crippen molar-refractivity contribution in [1.29, 1.82) is 0 Å². The molecule has 0 spiro atoms. The smallest absolute Gasteiger partial charge is 0.294 e. The topological polar surface area (TPSA) is 63.6 Å². The van der Waals surface area contributed by atoms with Crippen LogP contribution in [0, 0.1) is 13.8 Å². The van der Waals surface area contributed by atoms with E-state index >= 15 is 0 Å². The summed E-state index contributed by atoms with van der Waals surface area (Å²) in [6.45, 7) is 6.52. The molecule has 0 atom stereocenters. The number of rotatable bonds is 16. The number of benzene rings is 1. The van der Waals surface area contributed by atoms with Gasteiger partial charge < -0.3 is 4.74 Å². The van der Waals surface area contributed by atoms with Gasteiger partial charge in [-0.15, -0.1) is 0 Å². The molecule has 0 aliphatic carbocycles. The van der Waals surface area contributed by atoms with E-state index < -0.39 is 10.1 Å². The van der Waals surface area contributed by atoms with Crippen LogP contribution in [-0.4, -0.2) is 19.6 Å². The molecule has 0 saturated carbocycles. The molecule has 162 valence electrons. The molecule has 0 aliphatic rings. The average Bonchev–Trinajstić information content (AvgIpc) is 2.63. The van der Waals surface area contributed by atoms with Gasteiger partial charge in [-0.1, -0.05) is 84.0 Å². The molecular formula is C23H40O4S. The van der Waals surface area contributed by atoms with E-state index in [1.165, 1.54) is 82.8 Å². The van der Waals surface area contributed by atoms with E-state index in [1.807, 2.05) is 0 Å². The molecule has 0 saturated heterocycles. The maximum Gasteiger partial charge on any atom is 0.294 e. The molecule has 1 aromatic carbocycles. The lowest BCUT2D eigenvalue weighted by molar-refractivity contribution is 0.300. The standard InChI is InChI=1S/C23H40O4S/c1-4-5-6-7-8-9-10-11-12-13-14-15-16-17-27-23-20(2)18-22(19-21(23)3)28(24,25)26/h18-19H,4-17H2,1-3H3,(H,24,25,26). The second-order valence-corrected chi connectivity index (χ2v) is 9.37. The van der Waals surface area contributed by atoms with Gasteiger partial charge in [0, 0.05) is 0 Å². The van der Waals surface area contributed by atoms with E-state index in [0.29, 0.717) is 6.61 Å². The van der Waals surface area contributed by atoms with Crippen molar-refractivity contribution in [2.24, 2.45) is 0 Å². The van der Waals surface area contributed by atoms with Crippen LogP contribution in [0.3, 0.4) is 0 Å². The van der Waals surface area contributed by atoms with E-state index in [2.05, 4.69) is 6.92 Å². The van der Waals surface area contributed by atoms with Crippen molar-refractivity contribution < 1.29 is 17.7 Å². The van der Waals surface area contributed by atoms with Gasteiger partial charge in [0.15, 0.2) is 0 Å². The Morgan fingerprint density at radius 3 is 1.54 bits per heavy atom. The molecule has 1 aromatic rings. The van der Waals surface area contributed by atoms with Crippen molar-refractivity contribution in [3.63, 3.8) is 0 Å². The lowest BCUT2D eigenvalue weighted by atomic mass is 10.0. The third-order valence-corrected chi connectivity index (χ3v) is 6.06. The summed E-state index contributed by atoms with van der Waals surface area (Å²) in [6.07, 6.45) is 17.1. The first-order valence-corrected chi connectivity index (χ1v) is 12.5. The molecule has 1 rings (SSSR count). The third kappa shape index (κ3) is 10.5. The Hall–Kier alpha value is -1.07. The largest absolute Gasteiger partial charge is 0.493 e. The second-order valence-electron chi connectivity index (χ2n) is 7.95. The van der Waals surface area contributed by atoms with E-state index in [-0.39, 0.29) is 4.90 Å². The number of ether oxygens (including phenoxy) is 1. The van der Waals surface area contributed by atoms with Gasteiger partial charge >= 0.3 is 0 Å². The molecule has 0 aromatic heterocycles. The molecule has 5 heteroatoms. The molecule has 0 bridgehead atoms. The zero-order valence-corrected chi connectivity index (χ0v) is 19.0. The number of unbranched alkanes of at least 4 members (excludes halogenated alkanes) is 12. The van der Waals surface area contributed by atoms with Gasteiger partial charge in [-0.3, -0.25) is 4.55 Å². The first kappa shape index (κ1) is 25.0. The minimum atomic E-state index is -4.17. The molecule has 28 heavy (non-hydrogen) atoms. The monoisotopic (exact) mass is 412 g/mol. The highest BCUT2D eigenvalue weighted by Gasteiger charge is 2.14. The number of hydrogen-bond acceptors (Lipinski definition) is 3. The Kier molecular flexibility index (Phi) is 12.5. The number of hydrogen-bond donors (Lipinski definition) is 1. The van der Waals surface area contributed by atoms with Crippen LogP contribution in [-0.2, 0) is 10.1 Å². The van der Waals surface area contributed by atoms with Crippen LogP contribution < -0.4 is 4.74 Å². The Morgan fingerprint density at radius 1 is 0.750 bits per heavy atom. The molecule has 0 amide bonds. The summed E-state index contributed by atoms with van der Waals surface area (Å²) < 4.78 is 37.5. The van der Waals surface area contributed by atoms with Crippen LogP contribution in [0.2, 0.25) is 0 Å². The lowest BCUT2D eigenvalue weighted by Gasteiger charge is -2.13. The van der Waals surface area contributed by atoms with E-state index in [9.17, 15) is 8.42 Å². The Labute approximate surface area is 172 Å². The van der Waals surface area contributed by atoms with Gasteiger partial charge in [0.25, 0.3) is 10.1 Å². The minimum Gasteiger partial charge on any atom is -0.493 e. The van der Waals surface area contributed by atoms with Crippen molar-refractivity contribution in [3.8, 4) is 5.75 Å². The molecular weight excluding hydrogens is 372 g/mol. The number of aryl methyl sites for hydroxylation is 2. The molecule has 0 fully saturated rings. The van der Waals surface area contributed by atoms with E-state index in [1.54, 1.807) is 13.8 Å². The van der Waals surface area contributed by atoms with Crippen molar-refractivity contribution in [1.82, 2.24) is 0 Å². The van der Waals surface area contributed by atoms with Crippen LogP contribution in [0.5, 0.6) is 5.75 Å². The summed E-state index contributed by atoms with van der Waals surface area (Å²) in [5.74, 6) is 0.728. The Bertz CT molecular complexity index is 630. The first-order chi connectivity index (χ1) is 13.4. The van der Waals surface area contributed by atoms with Gasteiger partial charge in [0.1, 0.15) is 5.75 Å². The predicted molar refractivity (Wildman–Crippen MR) is 117 cm³/mol. The third-order valence-electron chi connectivity index (χ3n) is 5.23. The summed E-state index contributed by atoms with van der Waals surface area (Å²) in [4.78, 5) is -0.0733. The molecule has 0 aliphatic heterocycles. The summed E-state index contributed by atoms with van der Waals surface area (Å²) in [5, 5.41) is 0. The van der Waals surface area contributed by atoms with Gasteiger partial charge in [-0.2, -0.15) is 8.42 Å². The Balaban J connectivity index is 2.08. The van der Waals surface area contributed by atoms with Crippen molar-refractivity contribution in [2.45, 2.75) is 109 Å². The molecule has 0 heterocycles. The van der Waals surface area contributed by atoms with E-state index in [0.717, 1.165) is 29.7 Å². The van der Waals surface area contributed by atoms with Crippen LogP contribution in [0.15, 0.2) is 17.0 Å². The fourth-order valence-corrected chi connectivity index (χ4v) is 4.23. The van der Waals surface area contributed by atoms with Crippen molar-refractivity contribution >= 4 is 10.1 Å². The molecule has 1 N–H and O–H groups in total. The average molecular weight is 413 g/mol. The van der Waals surface area contributed by atoms with Crippen LogP contribution in [0.1, 0.15) is 102 Å². The predicted octanol–water partition coefficient (Wildman–Crippen LogP) is 7.02. The fraction of sp³-hybridized carbons (Fsp3) is 0.739. The van der Waals surface area contributed by atoms with Gasteiger partial charge in [-0.05, 0) is 43.5 Å². The van der Waals surface area contributed by atoms with Crippen LogP contribution >= 0.6 is 0 Å². The summed E-state index contributed by atoms with van der Waals surface area (Å²) in [7, 11) is -4.17. The normalized spacial score (nSPS) is 11.7. The molecule has 4 nitrogen and oxygen atoms in total. The van der Waals surface area contributed by atoms with Gasteiger partial charge in [0.05, 0.1) is 11.5 Å². The van der Waals surface area contributed by atoms with Gasteiger partial charge in [-0.25, -0.2) is 0 Å². The van der Waals surface area contributed by atoms with Crippen molar-refractivity contribution in [2.75, 3.05) is 6.61 Å². The lowest BCUT2D eigenvalue weighted by Crippen LogP contribution is -2.04. The zero-order chi connectivity index (χ0) is 20.8. The first-order valence-electron chi connectivity index (χ1n) is 11.1. The Morgan fingerprint density at radius 2 is 1.14 bits per heavy atom. The fourth-order valence-electron chi connectivity index (χ4n) is 3.58. The van der Waals surface area contributed by atoms with E-state index in [4.69, 9.17) is 9.29 Å². The maximum absolute atomic E-state index is 11.3. The van der Waals surface area contributed by atoms with Crippen LogP contribution in [0.25, 0.3) is 0 Å². The summed E-state index contributed by atoms with van der Waals surface area (Å²) >= 11 is 0. The second kappa shape index (κ2) is 14.0. The minimum absolute atomic E-state index is 0.0733.